The number of hydrogen-bond acceptors (Lipinski definition) is 10. The van der Waals surface area contributed by atoms with E-state index in [1.807, 2.05) is 24.3 Å². The van der Waals surface area contributed by atoms with Crippen LogP contribution in [0.5, 0.6) is 0 Å². The van der Waals surface area contributed by atoms with Crippen LogP contribution in [0.3, 0.4) is 0 Å². The minimum absolute atomic E-state index is 0.107. The number of nitrogens with two attached hydrogens (primary N) is 4. The van der Waals surface area contributed by atoms with Crippen LogP contribution in [0.1, 0.15) is 39.5 Å². The molecule has 2 aliphatic heterocycles. The van der Waals surface area contributed by atoms with Gasteiger partial charge in [0, 0.05) is 48.4 Å². The predicted molar refractivity (Wildman–Crippen MR) is 192 cm³/mol. The van der Waals surface area contributed by atoms with E-state index in [9.17, 15) is 0 Å². The lowest BCUT2D eigenvalue weighted by molar-refractivity contribution is 0.363. The van der Waals surface area contributed by atoms with Crippen LogP contribution in [0.25, 0.3) is 22.5 Å². The summed E-state index contributed by atoms with van der Waals surface area (Å²) in [6.07, 6.45) is 7.10. The lowest BCUT2D eigenvalue weighted by Crippen LogP contribution is -2.48. The normalized spacial score (nSPS) is 17.3. The summed E-state index contributed by atoms with van der Waals surface area (Å²) < 4.78 is 0. The molecule has 0 aliphatic carbocycles. The van der Waals surface area contributed by atoms with Crippen molar-refractivity contribution in [1.82, 2.24) is 19.9 Å². The Balaban J connectivity index is 0.000000181. The van der Waals surface area contributed by atoms with E-state index in [0.29, 0.717) is 54.2 Å². The summed E-state index contributed by atoms with van der Waals surface area (Å²) in [7, 11) is 0. The van der Waals surface area contributed by atoms with Gasteiger partial charge in [-0.3, -0.25) is 0 Å². The summed E-state index contributed by atoms with van der Waals surface area (Å²) in [4.78, 5) is 22.2. The fourth-order valence-electron chi connectivity index (χ4n) is 5.37. The maximum Gasteiger partial charge on any atom is 0.152 e. The van der Waals surface area contributed by atoms with Crippen LogP contribution in [0, 0.1) is 0 Å². The number of aromatic nitrogens is 4. The SMILES string of the molecule is CC1(N)CCN(c2cnc(-c3cccc(Cl)c3Cl)c(N)n2)CC1.CC1(N)CCN(c2cnc(-c3cccc(Cl)c3Cl)c(N)n2)CC1. The topological polar surface area (TPSA) is 162 Å². The first kappa shape index (κ1) is 34.2. The van der Waals surface area contributed by atoms with Crippen molar-refractivity contribution in [3.8, 4) is 22.5 Å². The molecule has 2 fully saturated rings. The standard InChI is InChI=1S/2C16H19Cl2N5/c2*1-16(20)5-7-23(8-6-16)12-9-21-14(15(19)22-12)10-3-2-4-11(17)13(10)18/h2*2-4,9H,5-8,20H2,1H3,(H2,19,22). The zero-order chi connectivity index (χ0) is 33.2. The molecule has 8 N–H and O–H groups in total. The van der Waals surface area contributed by atoms with Gasteiger partial charge in [-0.2, -0.15) is 0 Å². The average Bonchev–Trinajstić information content (AvgIpc) is 3.01. The van der Waals surface area contributed by atoms with E-state index in [0.717, 1.165) is 63.5 Å². The summed E-state index contributed by atoms with van der Waals surface area (Å²) in [5.41, 5.74) is 26.8. The molecule has 0 saturated carbocycles. The Morgan fingerprint density at radius 1 is 0.609 bits per heavy atom. The molecule has 14 heteroatoms. The maximum absolute atomic E-state index is 6.24. The van der Waals surface area contributed by atoms with Crippen molar-refractivity contribution in [1.29, 1.82) is 0 Å². The molecule has 0 amide bonds. The van der Waals surface area contributed by atoms with Gasteiger partial charge in [0.05, 0.1) is 32.5 Å². The third-order valence-corrected chi connectivity index (χ3v) is 10.1. The van der Waals surface area contributed by atoms with Crippen molar-refractivity contribution in [3.63, 3.8) is 0 Å². The van der Waals surface area contributed by atoms with E-state index in [1.54, 1.807) is 24.5 Å². The van der Waals surface area contributed by atoms with E-state index in [2.05, 4.69) is 43.6 Å². The number of hydrogen-bond donors (Lipinski definition) is 4. The zero-order valence-corrected chi connectivity index (χ0v) is 28.8. The van der Waals surface area contributed by atoms with Crippen molar-refractivity contribution in [3.05, 3.63) is 68.9 Å². The number of piperidine rings is 2. The van der Waals surface area contributed by atoms with Crippen molar-refractivity contribution in [2.45, 2.75) is 50.6 Å². The fourth-order valence-corrected chi connectivity index (χ4v) is 6.15. The molecule has 6 rings (SSSR count). The summed E-state index contributed by atoms with van der Waals surface area (Å²) in [6.45, 7) is 7.54. The Bertz CT molecular complexity index is 1570. The summed E-state index contributed by atoms with van der Waals surface area (Å²) in [6, 6.07) is 10.7. The van der Waals surface area contributed by atoms with Gasteiger partial charge < -0.3 is 32.7 Å². The Hall–Kier alpha value is -3.12. The fraction of sp³-hybridized carbons (Fsp3) is 0.375. The van der Waals surface area contributed by atoms with Crippen LogP contribution in [0.15, 0.2) is 48.8 Å². The van der Waals surface area contributed by atoms with Gasteiger partial charge in [0.1, 0.15) is 23.0 Å². The molecule has 244 valence electrons. The largest absolute Gasteiger partial charge is 0.382 e. The van der Waals surface area contributed by atoms with Crippen LogP contribution in [-0.4, -0.2) is 57.2 Å². The van der Waals surface area contributed by atoms with Gasteiger partial charge in [-0.1, -0.05) is 70.7 Å². The molecule has 0 unspecified atom stereocenters. The molecule has 4 heterocycles. The van der Waals surface area contributed by atoms with Gasteiger partial charge in [0.15, 0.2) is 11.6 Å². The van der Waals surface area contributed by atoms with Crippen molar-refractivity contribution in [2.75, 3.05) is 47.4 Å². The number of nitrogens with zero attached hydrogens (tertiary/aromatic N) is 6. The first-order chi connectivity index (χ1) is 21.7. The molecule has 2 saturated heterocycles. The molecule has 2 aliphatic rings. The Labute approximate surface area is 289 Å². The van der Waals surface area contributed by atoms with Gasteiger partial charge in [-0.15, -0.1) is 0 Å². The molecule has 10 nitrogen and oxygen atoms in total. The first-order valence-electron chi connectivity index (χ1n) is 15.0. The quantitative estimate of drug-likeness (QED) is 0.180. The minimum Gasteiger partial charge on any atom is -0.382 e. The summed E-state index contributed by atoms with van der Waals surface area (Å²) >= 11 is 24.6. The van der Waals surface area contributed by atoms with E-state index in [1.165, 1.54) is 0 Å². The van der Waals surface area contributed by atoms with Gasteiger partial charge in [0.25, 0.3) is 0 Å². The highest BCUT2D eigenvalue weighted by Crippen LogP contribution is 2.37. The number of benzene rings is 2. The Morgan fingerprint density at radius 2 is 0.957 bits per heavy atom. The van der Waals surface area contributed by atoms with Gasteiger partial charge in [-0.05, 0) is 51.7 Å². The van der Waals surface area contributed by atoms with Crippen LogP contribution >= 0.6 is 46.4 Å². The number of anilines is 4. The summed E-state index contributed by atoms with van der Waals surface area (Å²) in [5, 5.41) is 1.79. The highest BCUT2D eigenvalue weighted by Gasteiger charge is 2.28. The molecule has 0 atom stereocenters. The van der Waals surface area contributed by atoms with Crippen LogP contribution < -0.4 is 32.7 Å². The van der Waals surface area contributed by atoms with Crippen LogP contribution in [0.4, 0.5) is 23.3 Å². The molecule has 0 radical (unpaired) electrons. The first-order valence-corrected chi connectivity index (χ1v) is 16.5. The maximum atomic E-state index is 6.24. The molecular formula is C32H38Cl4N10. The third kappa shape index (κ3) is 7.87. The second kappa shape index (κ2) is 13.9. The molecule has 0 spiro atoms. The van der Waals surface area contributed by atoms with Crippen LogP contribution in [0.2, 0.25) is 20.1 Å². The van der Waals surface area contributed by atoms with Gasteiger partial charge in [0.2, 0.25) is 0 Å². The lowest BCUT2D eigenvalue weighted by atomic mass is 9.91. The number of nitrogen functional groups attached to an aromatic ring is 2. The second-order valence-corrected chi connectivity index (χ2v) is 14.0. The highest BCUT2D eigenvalue weighted by molar-refractivity contribution is 6.44. The van der Waals surface area contributed by atoms with Crippen molar-refractivity contribution >= 4 is 69.7 Å². The molecule has 0 bridgehead atoms. The van der Waals surface area contributed by atoms with E-state index >= 15 is 0 Å². The second-order valence-electron chi connectivity index (χ2n) is 12.4. The Kier molecular flexibility index (Phi) is 10.4. The smallest absolute Gasteiger partial charge is 0.152 e. The van der Waals surface area contributed by atoms with Crippen molar-refractivity contribution in [2.24, 2.45) is 11.5 Å². The number of rotatable bonds is 4. The van der Waals surface area contributed by atoms with Crippen molar-refractivity contribution < 1.29 is 0 Å². The van der Waals surface area contributed by atoms with Crippen LogP contribution in [-0.2, 0) is 0 Å². The molecule has 2 aromatic heterocycles. The predicted octanol–water partition coefficient (Wildman–Crippen LogP) is 6.70. The minimum atomic E-state index is -0.107. The molecular weight excluding hydrogens is 666 g/mol. The third-order valence-electron chi connectivity index (χ3n) is 8.45. The van der Waals surface area contributed by atoms with E-state index in [-0.39, 0.29) is 11.1 Å². The summed E-state index contributed by atoms with van der Waals surface area (Å²) in [5.74, 6) is 2.21. The molecule has 4 aromatic rings. The number of halogens is 4. The highest BCUT2D eigenvalue weighted by atomic mass is 35.5. The Morgan fingerprint density at radius 3 is 1.28 bits per heavy atom. The molecule has 46 heavy (non-hydrogen) atoms. The van der Waals surface area contributed by atoms with Gasteiger partial charge in [-0.25, -0.2) is 19.9 Å². The van der Waals surface area contributed by atoms with Gasteiger partial charge >= 0.3 is 0 Å². The van der Waals surface area contributed by atoms with E-state index in [4.69, 9.17) is 69.3 Å². The average molecular weight is 705 g/mol. The van der Waals surface area contributed by atoms with E-state index < -0.39 is 0 Å². The lowest BCUT2D eigenvalue weighted by Gasteiger charge is -2.37. The molecule has 2 aromatic carbocycles. The zero-order valence-electron chi connectivity index (χ0n) is 25.8. The monoisotopic (exact) mass is 702 g/mol.